The number of benzene rings is 1. The van der Waals surface area contributed by atoms with E-state index in [4.69, 9.17) is 4.74 Å². The van der Waals surface area contributed by atoms with Gasteiger partial charge in [0.15, 0.2) is 0 Å². The van der Waals surface area contributed by atoms with Crippen molar-refractivity contribution in [2.75, 3.05) is 7.11 Å². The average Bonchev–Trinajstić information content (AvgIpc) is 2.46. The molecule has 110 valence electrons. The van der Waals surface area contributed by atoms with Gasteiger partial charge in [0, 0.05) is 10.0 Å². The van der Waals surface area contributed by atoms with Crippen LogP contribution in [0.4, 0.5) is 0 Å². The van der Waals surface area contributed by atoms with Crippen LogP contribution in [-0.4, -0.2) is 18.2 Å². The Balaban J connectivity index is 2.64. The smallest absolute Gasteiger partial charge is 0.314 e. The molecule has 0 saturated heterocycles. The summed E-state index contributed by atoms with van der Waals surface area (Å²) in [6.45, 7) is 2.06. The van der Waals surface area contributed by atoms with Crippen LogP contribution >= 0.6 is 15.9 Å². The summed E-state index contributed by atoms with van der Waals surface area (Å²) in [6.07, 6.45) is 5.25. The zero-order chi connectivity index (χ0) is 14.8. The number of aliphatic carboxylic acids is 1. The second-order valence-corrected chi connectivity index (χ2v) is 6.36. The third kappa shape index (κ3) is 2.58. The second-order valence-electron chi connectivity index (χ2n) is 5.45. The summed E-state index contributed by atoms with van der Waals surface area (Å²) >= 11 is 3.51. The summed E-state index contributed by atoms with van der Waals surface area (Å²) in [7, 11) is 1.63. The number of halogens is 1. The molecule has 2 rings (SSSR count). The van der Waals surface area contributed by atoms with Gasteiger partial charge in [-0.1, -0.05) is 42.1 Å². The molecule has 1 N–H and O–H groups in total. The van der Waals surface area contributed by atoms with Crippen LogP contribution in [0.3, 0.4) is 0 Å². The van der Waals surface area contributed by atoms with Crippen molar-refractivity contribution in [2.24, 2.45) is 0 Å². The SMILES string of the molecule is CCc1cc(Br)cc(C2(C(=O)O)CCCCC2)c1OC. The lowest BCUT2D eigenvalue weighted by atomic mass is 9.68. The van der Waals surface area contributed by atoms with Gasteiger partial charge in [-0.2, -0.15) is 0 Å². The highest BCUT2D eigenvalue weighted by Crippen LogP contribution is 2.45. The number of ether oxygens (including phenoxy) is 1. The molecule has 0 heterocycles. The first-order chi connectivity index (χ1) is 9.55. The molecule has 1 aliphatic rings. The fourth-order valence-electron chi connectivity index (χ4n) is 3.26. The Bertz CT molecular complexity index is 505. The van der Waals surface area contributed by atoms with Crippen molar-refractivity contribution in [3.63, 3.8) is 0 Å². The van der Waals surface area contributed by atoms with Crippen LogP contribution in [0.15, 0.2) is 16.6 Å². The Morgan fingerprint density at radius 1 is 1.35 bits per heavy atom. The van der Waals surface area contributed by atoms with Crippen LogP contribution in [-0.2, 0) is 16.6 Å². The third-order valence-electron chi connectivity index (χ3n) is 4.35. The highest BCUT2D eigenvalue weighted by atomic mass is 79.9. The molecule has 20 heavy (non-hydrogen) atoms. The number of rotatable bonds is 4. The molecular weight excluding hydrogens is 320 g/mol. The Hall–Kier alpha value is -1.03. The minimum Gasteiger partial charge on any atom is -0.496 e. The van der Waals surface area contributed by atoms with Gasteiger partial charge in [-0.05, 0) is 37.0 Å². The molecule has 0 spiro atoms. The molecule has 1 aromatic carbocycles. The van der Waals surface area contributed by atoms with Crippen LogP contribution in [0.1, 0.15) is 50.2 Å². The van der Waals surface area contributed by atoms with Crippen LogP contribution in [0.2, 0.25) is 0 Å². The predicted octanol–water partition coefficient (Wildman–Crippen LogP) is 4.31. The number of aryl methyl sites for hydroxylation is 1. The summed E-state index contributed by atoms with van der Waals surface area (Å²) < 4.78 is 6.49. The fourth-order valence-corrected chi connectivity index (χ4v) is 3.77. The van der Waals surface area contributed by atoms with Crippen LogP contribution in [0, 0.1) is 0 Å². The number of carboxylic acid groups (broad SMARTS) is 1. The van der Waals surface area contributed by atoms with E-state index in [1.165, 1.54) is 0 Å². The molecule has 1 fully saturated rings. The summed E-state index contributed by atoms with van der Waals surface area (Å²) in [6, 6.07) is 3.94. The van der Waals surface area contributed by atoms with Crippen molar-refractivity contribution >= 4 is 21.9 Å². The number of carboxylic acids is 1. The van der Waals surface area contributed by atoms with E-state index in [9.17, 15) is 9.90 Å². The molecule has 1 aromatic rings. The molecule has 0 unspecified atom stereocenters. The van der Waals surface area contributed by atoms with Crippen molar-refractivity contribution in [1.82, 2.24) is 0 Å². The van der Waals surface area contributed by atoms with Crippen LogP contribution in [0.5, 0.6) is 5.75 Å². The molecule has 1 aliphatic carbocycles. The van der Waals surface area contributed by atoms with Gasteiger partial charge in [-0.25, -0.2) is 0 Å². The van der Waals surface area contributed by atoms with Gasteiger partial charge in [0.2, 0.25) is 0 Å². The first-order valence-electron chi connectivity index (χ1n) is 7.15. The molecule has 0 atom stereocenters. The minimum absolute atomic E-state index is 0.693. The van der Waals surface area contributed by atoms with Gasteiger partial charge in [0.1, 0.15) is 5.75 Å². The van der Waals surface area contributed by atoms with E-state index in [1.54, 1.807) is 7.11 Å². The van der Waals surface area contributed by atoms with Gasteiger partial charge in [0.25, 0.3) is 0 Å². The molecule has 0 bridgehead atoms. The van der Waals surface area contributed by atoms with Gasteiger partial charge in [-0.15, -0.1) is 0 Å². The van der Waals surface area contributed by atoms with Gasteiger partial charge >= 0.3 is 5.97 Å². The zero-order valence-electron chi connectivity index (χ0n) is 12.0. The Morgan fingerprint density at radius 2 is 2.00 bits per heavy atom. The van der Waals surface area contributed by atoms with Gasteiger partial charge in [0.05, 0.1) is 12.5 Å². The van der Waals surface area contributed by atoms with Crippen molar-refractivity contribution in [1.29, 1.82) is 0 Å². The second kappa shape index (κ2) is 6.17. The molecule has 0 radical (unpaired) electrons. The molecule has 3 nitrogen and oxygen atoms in total. The molecule has 0 amide bonds. The highest BCUT2D eigenvalue weighted by Gasteiger charge is 2.43. The van der Waals surface area contributed by atoms with Gasteiger partial charge in [-0.3, -0.25) is 4.79 Å². The number of carbonyl (C=O) groups is 1. The molecule has 0 aliphatic heterocycles. The topological polar surface area (TPSA) is 46.5 Å². The van der Waals surface area contributed by atoms with E-state index in [0.29, 0.717) is 12.8 Å². The molecule has 0 aromatic heterocycles. The predicted molar refractivity (Wildman–Crippen MR) is 82.5 cm³/mol. The standard InChI is InChI=1S/C16H21BrO3/c1-3-11-9-12(17)10-13(14(11)20-2)16(15(18)19)7-5-4-6-8-16/h9-10H,3-8H2,1-2H3,(H,18,19). The summed E-state index contributed by atoms with van der Waals surface area (Å²) in [5.41, 5.74) is 1.10. The Kier molecular flexibility index (Phi) is 4.74. The van der Waals surface area contributed by atoms with Crippen molar-refractivity contribution in [2.45, 2.75) is 50.9 Å². The number of hydrogen-bond acceptors (Lipinski definition) is 2. The average molecular weight is 341 g/mol. The fraction of sp³-hybridized carbons (Fsp3) is 0.562. The van der Waals surface area contributed by atoms with E-state index in [1.807, 2.05) is 12.1 Å². The molecular formula is C16H21BrO3. The van der Waals surface area contributed by atoms with Crippen molar-refractivity contribution in [3.8, 4) is 5.75 Å². The van der Waals surface area contributed by atoms with Gasteiger partial charge < -0.3 is 9.84 Å². The van der Waals surface area contributed by atoms with E-state index in [-0.39, 0.29) is 0 Å². The lowest BCUT2D eigenvalue weighted by molar-refractivity contribution is -0.145. The maximum absolute atomic E-state index is 12.0. The van der Waals surface area contributed by atoms with Crippen LogP contribution in [0.25, 0.3) is 0 Å². The molecule has 1 saturated carbocycles. The largest absolute Gasteiger partial charge is 0.496 e. The maximum Gasteiger partial charge on any atom is 0.314 e. The van der Waals surface area contributed by atoms with Crippen molar-refractivity contribution < 1.29 is 14.6 Å². The van der Waals surface area contributed by atoms with E-state index >= 15 is 0 Å². The minimum atomic E-state index is -0.794. The Morgan fingerprint density at radius 3 is 2.50 bits per heavy atom. The highest BCUT2D eigenvalue weighted by molar-refractivity contribution is 9.10. The molecule has 4 heteroatoms. The van der Waals surface area contributed by atoms with E-state index < -0.39 is 11.4 Å². The quantitative estimate of drug-likeness (QED) is 0.888. The first kappa shape index (κ1) is 15.4. The Labute approximate surface area is 128 Å². The number of hydrogen-bond donors (Lipinski definition) is 1. The summed E-state index contributed by atoms with van der Waals surface area (Å²) in [5, 5.41) is 9.85. The summed E-state index contributed by atoms with van der Waals surface area (Å²) in [4.78, 5) is 12.0. The zero-order valence-corrected chi connectivity index (χ0v) is 13.6. The van der Waals surface area contributed by atoms with E-state index in [0.717, 1.165) is 47.0 Å². The lowest BCUT2D eigenvalue weighted by Crippen LogP contribution is -2.38. The summed E-state index contributed by atoms with van der Waals surface area (Å²) in [5.74, 6) is 0.0238. The van der Waals surface area contributed by atoms with E-state index in [2.05, 4.69) is 22.9 Å². The first-order valence-corrected chi connectivity index (χ1v) is 7.94. The third-order valence-corrected chi connectivity index (χ3v) is 4.81. The maximum atomic E-state index is 12.0. The van der Waals surface area contributed by atoms with Crippen LogP contribution < -0.4 is 4.74 Å². The monoisotopic (exact) mass is 340 g/mol. The normalized spacial score (nSPS) is 17.8. The lowest BCUT2D eigenvalue weighted by Gasteiger charge is -2.35. The van der Waals surface area contributed by atoms with Crippen molar-refractivity contribution in [3.05, 3.63) is 27.7 Å². The number of methoxy groups -OCH3 is 1.